The zero-order valence-corrected chi connectivity index (χ0v) is 7.58. The zero-order chi connectivity index (χ0) is 8.55. The highest BCUT2D eigenvalue weighted by molar-refractivity contribution is 4.89. The molecule has 0 unspecified atom stereocenters. The molecule has 0 aromatic rings. The van der Waals surface area contributed by atoms with Crippen molar-refractivity contribution in [3.8, 4) is 0 Å². The minimum Gasteiger partial charge on any atom is -0.392 e. The second-order valence-corrected chi connectivity index (χ2v) is 4.51. The molecular formula is C10H19NO. The molecule has 2 rings (SSSR count). The highest BCUT2D eigenvalue weighted by Crippen LogP contribution is 2.39. The van der Waals surface area contributed by atoms with Gasteiger partial charge < -0.3 is 10.8 Å². The summed E-state index contributed by atoms with van der Waals surface area (Å²) in [7, 11) is 0. The molecule has 4 atom stereocenters. The maximum absolute atomic E-state index is 9.59. The van der Waals surface area contributed by atoms with Gasteiger partial charge in [0.25, 0.3) is 0 Å². The van der Waals surface area contributed by atoms with E-state index in [1.165, 1.54) is 25.7 Å². The van der Waals surface area contributed by atoms with Crippen LogP contribution in [0.4, 0.5) is 0 Å². The third kappa shape index (κ3) is 1.50. The third-order valence-electron chi connectivity index (χ3n) is 3.68. The lowest BCUT2D eigenvalue weighted by Crippen LogP contribution is -2.45. The van der Waals surface area contributed by atoms with Crippen LogP contribution < -0.4 is 5.73 Å². The van der Waals surface area contributed by atoms with Gasteiger partial charge in [-0.3, -0.25) is 0 Å². The van der Waals surface area contributed by atoms with Crippen LogP contribution in [0.5, 0.6) is 0 Å². The molecule has 0 amide bonds. The van der Waals surface area contributed by atoms with Gasteiger partial charge in [-0.1, -0.05) is 25.7 Å². The van der Waals surface area contributed by atoms with Crippen molar-refractivity contribution in [1.82, 2.24) is 0 Å². The molecule has 2 fully saturated rings. The lowest BCUT2D eigenvalue weighted by molar-refractivity contribution is 0.0319. The van der Waals surface area contributed by atoms with Gasteiger partial charge in [-0.05, 0) is 24.7 Å². The molecule has 3 N–H and O–H groups in total. The molecule has 2 aliphatic carbocycles. The summed E-state index contributed by atoms with van der Waals surface area (Å²) in [6.45, 7) is 0. The highest BCUT2D eigenvalue weighted by atomic mass is 16.3. The number of hydrogen-bond acceptors (Lipinski definition) is 2. The Morgan fingerprint density at radius 2 is 1.58 bits per heavy atom. The standard InChI is InChI=1S/C10H19NO/c11-9-5-7-3-1-2-4-8(7)6-10(9)12/h7-10,12H,1-6,11H2/t7-,8-,9+,10+/m1/s1. The first-order chi connectivity index (χ1) is 5.77. The van der Waals surface area contributed by atoms with E-state index in [0.29, 0.717) is 0 Å². The van der Waals surface area contributed by atoms with Crippen LogP contribution in [-0.4, -0.2) is 17.3 Å². The zero-order valence-electron chi connectivity index (χ0n) is 7.58. The minimum absolute atomic E-state index is 0.0596. The quantitative estimate of drug-likeness (QED) is 0.573. The molecule has 0 aromatic carbocycles. The lowest BCUT2D eigenvalue weighted by atomic mass is 9.68. The van der Waals surface area contributed by atoms with E-state index in [9.17, 15) is 5.11 Å². The van der Waals surface area contributed by atoms with Crippen LogP contribution in [0, 0.1) is 11.8 Å². The van der Waals surface area contributed by atoms with Gasteiger partial charge in [-0.15, -0.1) is 0 Å². The molecular weight excluding hydrogens is 150 g/mol. The Balaban J connectivity index is 1.98. The summed E-state index contributed by atoms with van der Waals surface area (Å²) in [6.07, 6.45) is 7.23. The number of aliphatic hydroxyl groups excluding tert-OH is 1. The fraction of sp³-hybridized carbons (Fsp3) is 1.00. The van der Waals surface area contributed by atoms with Crippen molar-refractivity contribution in [3.05, 3.63) is 0 Å². The van der Waals surface area contributed by atoms with Gasteiger partial charge in [0.1, 0.15) is 0 Å². The number of hydrogen-bond donors (Lipinski definition) is 2. The Morgan fingerprint density at radius 3 is 2.25 bits per heavy atom. The van der Waals surface area contributed by atoms with Crippen LogP contribution in [-0.2, 0) is 0 Å². The third-order valence-corrected chi connectivity index (χ3v) is 3.68. The van der Waals surface area contributed by atoms with Crippen LogP contribution in [0.2, 0.25) is 0 Å². The molecule has 2 aliphatic rings. The summed E-state index contributed by atoms with van der Waals surface area (Å²) in [5, 5.41) is 9.59. The first-order valence-electron chi connectivity index (χ1n) is 5.21. The Bertz CT molecular complexity index is 142. The topological polar surface area (TPSA) is 46.2 Å². The van der Waals surface area contributed by atoms with E-state index < -0.39 is 0 Å². The van der Waals surface area contributed by atoms with Gasteiger partial charge in [-0.25, -0.2) is 0 Å². The van der Waals surface area contributed by atoms with Gasteiger partial charge in [0.2, 0.25) is 0 Å². The second kappa shape index (κ2) is 3.35. The second-order valence-electron chi connectivity index (χ2n) is 4.51. The minimum atomic E-state index is -0.218. The fourth-order valence-electron chi connectivity index (χ4n) is 2.90. The smallest absolute Gasteiger partial charge is 0.0693 e. The molecule has 0 spiro atoms. The largest absolute Gasteiger partial charge is 0.392 e. The summed E-state index contributed by atoms with van der Waals surface area (Å²) >= 11 is 0. The Hall–Kier alpha value is -0.0800. The first-order valence-corrected chi connectivity index (χ1v) is 5.21. The average Bonchev–Trinajstić information content (AvgIpc) is 2.07. The molecule has 12 heavy (non-hydrogen) atoms. The van der Waals surface area contributed by atoms with Gasteiger partial charge in [0.05, 0.1) is 6.10 Å². The summed E-state index contributed by atoms with van der Waals surface area (Å²) in [5.41, 5.74) is 5.84. The van der Waals surface area contributed by atoms with Crippen molar-refractivity contribution < 1.29 is 5.11 Å². The Morgan fingerprint density at radius 1 is 1.00 bits per heavy atom. The Kier molecular flexibility index (Phi) is 2.37. The molecule has 0 radical (unpaired) electrons. The molecule has 2 heteroatoms. The number of aliphatic hydroxyl groups is 1. The van der Waals surface area contributed by atoms with Crippen molar-refractivity contribution >= 4 is 0 Å². The fourth-order valence-corrected chi connectivity index (χ4v) is 2.90. The van der Waals surface area contributed by atoms with E-state index in [1.807, 2.05) is 0 Å². The van der Waals surface area contributed by atoms with E-state index in [4.69, 9.17) is 5.73 Å². The molecule has 2 nitrogen and oxygen atoms in total. The van der Waals surface area contributed by atoms with Gasteiger partial charge in [0.15, 0.2) is 0 Å². The predicted octanol–water partition coefficient (Wildman–Crippen LogP) is 1.27. The van der Waals surface area contributed by atoms with Crippen molar-refractivity contribution in [3.63, 3.8) is 0 Å². The van der Waals surface area contributed by atoms with Crippen molar-refractivity contribution in [1.29, 1.82) is 0 Å². The van der Waals surface area contributed by atoms with Gasteiger partial charge in [-0.2, -0.15) is 0 Å². The molecule has 0 aromatic heterocycles. The Labute approximate surface area is 74.1 Å². The van der Waals surface area contributed by atoms with Crippen LogP contribution in [0.3, 0.4) is 0 Å². The molecule has 0 heterocycles. The van der Waals surface area contributed by atoms with Crippen LogP contribution >= 0.6 is 0 Å². The predicted molar refractivity (Wildman–Crippen MR) is 48.7 cm³/mol. The van der Waals surface area contributed by atoms with Crippen LogP contribution in [0.15, 0.2) is 0 Å². The van der Waals surface area contributed by atoms with Crippen molar-refractivity contribution in [2.75, 3.05) is 0 Å². The molecule has 70 valence electrons. The van der Waals surface area contributed by atoms with Crippen molar-refractivity contribution in [2.24, 2.45) is 17.6 Å². The van der Waals surface area contributed by atoms with E-state index in [1.54, 1.807) is 0 Å². The first kappa shape index (κ1) is 8.52. The number of rotatable bonds is 0. The summed E-state index contributed by atoms with van der Waals surface area (Å²) in [5.74, 6) is 1.62. The maximum atomic E-state index is 9.59. The molecule has 0 aliphatic heterocycles. The lowest BCUT2D eigenvalue weighted by Gasteiger charge is -2.40. The number of nitrogens with two attached hydrogens (primary N) is 1. The summed E-state index contributed by atoms with van der Waals surface area (Å²) in [6, 6.07) is 0.0596. The van der Waals surface area contributed by atoms with Crippen molar-refractivity contribution in [2.45, 2.75) is 50.7 Å². The summed E-state index contributed by atoms with van der Waals surface area (Å²) in [4.78, 5) is 0. The monoisotopic (exact) mass is 169 g/mol. The average molecular weight is 169 g/mol. The molecule has 0 bridgehead atoms. The van der Waals surface area contributed by atoms with E-state index in [2.05, 4.69) is 0 Å². The van der Waals surface area contributed by atoms with E-state index in [-0.39, 0.29) is 12.1 Å². The molecule has 0 saturated heterocycles. The van der Waals surface area contributed by atoms with Crippen LogP contribution in [0.1, 0.15) is 38.5 Å². The highest BCUT2D eigenvalue weighted by Gasteiger charge is 2.35. The molecule has 2 saturated carbocycles. The SMILES string of the molecule is N[C@H]1C[C@H]2CCCC[C@@H]2C[C@@H]1O. The van der Waals surface area contributed by atoms with Gasteiger partial charge >= 0.3 is 0 Å². The van der Waals surface area contributed by atoms with Crippen LogP contribution in [0.25, 0.3) is 0 Å². The normalized spacial score (nSPS) is 48.5. The number of fused-ring (bicyclic) bond motifs is 1. The van der Waals surface area contributed by atoms with E-state index in [0.717, 1.165) is 24.7 Å². The van der Waals surface area contributed by atoms with E-state index >= 15 is 0 Å². The maximum Gasteiger partial charge on any atom is 0.0693 e. The van der Waals surface area contributed by atoms with Gasteiger partial charge in [0, 0.05) is 6.04 Å². The summed E-state index contributed by atoms with van der Waals surface area (Å²) < 4.78 is 0.